The Balaban J connectivity index is 1.52. The van der Waals surface area contributed by atoms with Crippen molar-refractivity contribution < 1.29 is 46.2 Å². The second kappa shape index (κ2) is 12.0. The van der Waals surface area contributed by atoms with Gasteiger partial charge in [-0.2, -0.15) is 5.06 Å². The first-order chi connectivity index (χ1) is 21.1. The molecule has 0 radical (unpaired) electrons. The molecule has 3 aliphatic rings. The minimum Gasteiger partial charge on any atom is -0.481 e. The highest BCUT2D eigenvalue weighted by atomic mass is 32.1. The molecule has 1 aromatic heterocycles. The summed E-state index contributed by atoms with van der Waals surface area (Å²) < 4.78 is 81.3. The zero-order valence-corrected chi connectivity index (χ0v) is 25.6. The molecule has 244 valence electrons. The average Bonchev–Trinajstić information content (AvgIpc) is 3.69. The van der Waals surface area contributed by atoms with Crippen LogP contribution in [0.1, 0.15) is 42.9 Å². The molecule has 0 amide bonds. The maximum Gasteiger partial charge on any atom is 0.338 e. The third-order valence-electron chi connectivity index (χ3n) is 8.43. The summed E-state index contributed by atoms with van der Waals surface area (Å²) in [7, 11) is 0. The number of amidine groups is 1. The predicted molar refractivity (Wildman–Crippen MR) is 152 cm³/mol. The molecule has 10 nitrogen and oxygen atoms in total. The number of aliphatic carboxylic acids is 1. The average molecular weight is 658 g/mol. The van der Waals surface area contributed by atoms with Crippen molar-refractivity contribution in [3.63, 3.8) is 0 Å². The molecule has 2 saturated heterocycles. The molecule has 2 aromatic rings. The number of carbonyl (C=O) groups is 2. The Morgan fingerprint density at radius 2 is 2.02 bits per heavy atom. The Hall–Kier alpha value is -3.47. The molecule has 0 aliphatic carbocycles. The van der Waals surface area contributed by atoms with Crippen LogP contribution in [0.3, 0.4) is 0 Å². The zero-order valence-electron chi connectivity index (χ0n) is 24.8. The number of carboxylic acid groups (broad SMARTS) is 1. The Labute approximate surface area is 259 Å². The zero-order chi connectivity index (χ0) is 32.9. The van der Waals surface area contributed by atoms with E-state index in [0.717, 1.165) is 13.8 Å². The summed E-state index contributed by atoms with van der Waals surface area (Å²) in [6.07, 6.45) is 1.54. The number of fused-ring (bicyclic) bond motifs is 1. The molecule has 4 heterocycles. The first-order valence-electron chi connectivity index (χ1n) is 14.1. The van der Waals surface area contributed by atoms with Gasteiger partial charge in [-0.25, -0.2) is 31.7 Å². The Morgan fingerprint density at radius 1 is 1.29 bits per heavy atom. The van der Waals surface area contributed by atoms with Crippen molar-refractivity contribution in [3.8, 4) is 0 Å². The largest absolute Gasteiger partial charge is 0.481 e. The van der Waals surface area contributed by atoms with E-state index in [1.165, 1.54) is 41.5 Å². The van der Waals surface area contributed by atoms with E-state index in [1.807, 2.05) is 0 Å². The second-order valence-electron chi connectivity index (χ2n) is 11.6. The highest BCUT2D eigenvalue weighted by Gasteiger charge is 2.64. The third kappa shape index (κ3) is 5.95. The van der Waals surface area contributed by atoms with Crippen LogP contribution >= 0.6 is 11.3 Å². The molecule has 3 atom stereocenters. The number of likely N-dealkylation sites (tertiary alicyclic amines) is 1. The lowest BCUT2D eigenvalue weighted by Crippen LogP contribution is -2.54. The van der Waals surface area contributed by atoms with E-state index < -0.39 is 66.2 Å². The van der Waals surface area contributed by atoms with Gasteiger partial charge in [0.05, 0.1) is 37.9 Å². The van der Waals surface area contributed by atoms with Crippen LogP contribution in [-0.2, 0) is 19.2 Å². The Bertz CT molecular complexity index is 1530. The van der Waals surface area contributed by atoms with Gasteiger partial charge in [-0.15, -0.1) is 11.3 Å². The third-order valence-corrected chi connectivity index (χ3v) is 9.21. The van der Waals surface area contributed by atoms with Gasteiger partial charge in [0.2, 0.25) is 0 Å². The summed E-state index contributed by atoms with van der Waals surface area (Å²) in [5, 5.41) is 15.0. The standard InChI is InChI=1S/C29H32F5N5O5S/c1-5-43-25(40)20-18(36-23(24-35-9-10-45-24)37-21(20)16-7-6-8-17(30)15(16)2)11-38-13-28(31,32)22-19(38)12-44-39(22)14-29(33,34)27(3,4)26(41)42/h6-10,19,21-22H,5,11-14H2,1-4H3,(H,36,37)(H,41,42)/t19-,21+,22+/m1/s1. The molecule has 5 rings (SSSR count). The minimum atomic E-state index is -3.92. The van der Waals surface area contributed by atoms with Crippen molar-refractivity contribution in [1.29, 1.82) is 0 Å². The lowest BCUT2D eigenvalue weighted by molar-refractivity contribution is -0.235. The van der Waals surface area contributed by atoms with Crippen molar-refractivity contribution in [2.24, 2.45) is 10.4 Å². The van der Waals surface area contributed by atoms with E-state index >= 15 is 17.6 Å². The van der Waals surface area contributed by atoms with Crippen LogP contribution < -0.4 is 5.32 Å². The van der Waals surface area contributed by atoms with Gasteiger partial charge in [0.1, 0.15) is 23.3 Å². The maximum atomic E-state index is 15.6. The minimum absolute atomic E-state index is 0.0102. The van der Waals surface area contributed by atoms with Crippen molar-refractivity contribution in [1.82, 2.24) is 20.3 Å². The van der Waals surface area contributed by atoms with Crippen molar-refractivity contribution in [2.75, 3.05) is 32.8 Å². The van der Waals surface area contributed by atoms with Crippen molar-refractivity contribution in [2.45, 2.75) is 57.7 Å². The van der Waals surface area contributed by atoms with Crippen LogP contribution in [0.5, 0.6) is 0 Å². The van der Waals surface area contributed by atoms with Gasteiger partial charge in [-0.3, -0.25) is 19.5 Å². The highest BCUT2D eigenvalue weighted by molar-refractivity contribution is 7.11. The van der Waals surface area contributed by atoms with Gasteiger partial charge in [-0.1, -0.05) is 12.1 Å². The first kappa shape index (κ1) is 32.9. The molecular formula is C29H32F5N5O5S. The molecule has 0 unspecified atom stereocenters. The molecule has 45 heavy (non-hydrogen) atoms. The Kier molecular flexibility index (Phi) is 8.80. The van der Waals surface area contributed by atoms with E-state index in [1.54, 1.807) is 18.4 Å². The molecule has 1 aromatic carbocycles. The quantitative estimate of drug-likeness (QED) is 0.287. The molecule has 0 spiro atoms. The molecule has 3 aliphatic heterocycles. The molecule has 16 heteroatoms. The number of benzene rings is 1. The topological polar surface area (TPSA) is 117 Å². The van der Waals surface area contributed by atoms with Gasteiger partial charge < -0.3 is 15.2 Å². The van der Waals surface area contributed by atoms with E-state index in [0.29, 0.717) is 15.6 Å². The number of carbonyl (C=O) groups excluding carboxylic acids is 1. The smallest absolute Gasteiger partial charge is 0.338 e. The maximum absolute atomic E-state index is 15.6. The summed E-state index contributed by atoms with van der Waals surface area (Å²) in [5.41, 5.74) is -1.85. The monoisotopic (exact) mass is 657 g/mol. The number of halogens is 5. The number of carboxylic acids is 1. The number of nitrogens with one attached hydrogen (secondary N) is 1. The van der Waals surface area contributed by atoms with Crippen molar-refractivity contribution in [3.05, 3.63) is 63.0 Å². The fraction of sp³-hybridized carbons (Fsp3) is 0.517. The summed E-state index contributed by atoms with van der Waals surface area (Å²) in [4.78, 5) is 40.6. The number of alkyl halides is 4. The lowest BCUT2D eigenvalue weighted by Gasteiger charge is -2.35. The second-order valence-corrected chi connectivity index (χ2v) is 12.5. The number of esters is 1. The van der Waals surface area contributed by atoms with Crippen LogP contribution in [-0.4, -0.2) is 94.6 Å². The van der Waals surface area contributed by atoms with Crippen LogP contribution in [0.15, 0.2) is 46.0 Å². The summed E-state index contributed by atoms with van der Waals surface area (Å²) in [6, 6.07) is 0.338. The first-order valence-corrected chi connectivity index (χ1v) is 15.0. The van der Waals surface area contributed by atoms with Gasteiger partial charge in [0.15, 0.2) is 10.8 Å². The summed E-state index contributed by atoms with van der Waals surface area (Å²) in [5.74, 6) is -10.4. The SMILES string of the molecule is CCOC(=O)C1=C(CN2CC(F)(F)[C@@H]3[C@H]2CON3CC(F)(F)C(C)(C)C(=O)O)NC(c2nccs2)=N[C@H]1c1cccc(F)c1C. The normalized spacial score (nSPS) is 23.9. The Morgan fingerprint density at radius 3 is 2.67 bits per heavy atom. The summed E-state index contributed by atoms with van der Waals surface area (Å²) >= 11 is 1.23. The van der Waals surface area contributed by atoms with Gasteiger partial charge in [-0.05, 0) is 44.9 Å². The van der Waals surface area contributed by atoms with E-state index in [2.05, 4.69) is 15.3 Å². The number of hydroxylamine groups is 2. The molecule has 2 N–H and O–H groups in total. The van der Waals surface area contributed by atoms with E-state index in [4.69, 9.17) is 9.57 Å². The van der Waals surface area contributed by atoms with E-state index in [9.17, 15) is 19.1 Å². The number of aliphatic imine (C=N–C) groups is 1. The molecule has 2 fully saturated rings. The van der Waals surface area contributed by atoms with Gasteiger partial charge in [0.25, 0.3) is 11.8 Å². The number of ether oxygens (including phenoxy) is 1. The molecule has 0 bridgehead atoms. The number of hydrogen-bond donors (Lipinski definition) is 2. The highest BCUT2D eigenvalue weighted by Crippen LogP contribution is 2.45. The van der Waals surface area contributed by atoms with E-state index in [-0.39, 0.29) is 42.4 Å². The molecule has 0 saturated carbocycles. The fourth-order valence-corrected chi connectivity index (χ4v) is 6.24. The van der Waals surface area contributed by atoms with Crippen LogP contribution in [0.25, 0.3) is 0 Å². The van der Waals surface area contributed by atoms with Crippen LogP contribution in [0.4, 0.5) is 22.0 Å². The van der Waals surface area contributed by atoms with Crippen LogP contribution in [0.2, 0.25) is 0 Å². The number of hydrogen-bond acceptors (Lipinski definition) is 10. The van der Waals surface area contributed by atoms with Crippen molar-refractivity contribution >= 4 is 29.1 Å². The van der Waals surface area contributed by atoms with Gasteiger partial charge >= 0.3 is 11.9 Å². The summed E-state index contributed by atoms with van der Waals surface area (Å²) in [6.45, 7) is 1.84. The lowest BCUT2D eigenvalue weighted by atomic mass is 9.85. The number of nitrogens with zero attached hydrogens (tertiary/aromatic N) is 4. The number of thiazole rings is 1. The van der Waals surface area contributed by atoms with Gasteiger partial charge in [0, 0.05) is 23.8 Å². The predicted octanol–water partition coefficient (Wildman–Crippen LogP) is 4.18. The van der Waals surface area contributed by atoms with Crippen LogP contribution in [0, 0.1) is 18.2 Å². The number of aromatic nitrogens is 1. The number of rotatable bonds is 10. The fourth-order valence-electron chi connectivity index (χ4n) is 5.65. The molecular weight excluding hydrogens is 625 g/mol.